The van der Waals surface area contributed by atoms with Crippen molar-refractivity contribution in [3.8, 4) is 21.8 Å². The Labute approximate surface area is 131 Å². The summed E-state index contributed by atoms with van der Waals surface area (Å²) >= 11 is 1.60. The first kappa shape index (κ1) is 13.0. The van der Waals surface area contributed by atoms with E-state index in [1.54, 1.807) is 11.3 Å². The number of aryl methyl sites for hydroxylation is 1. The Morgan fingerprint density at radius 2 is 1.91 bits per heavy atom. The molecule has 5 nitrogen and oxygen atoms in total. The van der Waals surface area contributed by atoms with Gasteiger partial charge >= 0.3 is 0 Å². The Balaban J connectivity index is 1.95. The van der Waals surface area contributed by atoms with E-state index in [0.29, 0.717) is 5.82 Å². The van der Waals surface area contributed by atoms with Gasteiger partial charge in [-0.2, -0.15) is 0 Å². The predicted molar refractivity (Wildman–Crippen MR) is 89.5 cm³/mol. The van der Waals surface area contributed by atoms with Crippen LogP contribution in [-0.4, -0.2) is 19.5 Å². The fourth-order valence-corrected chi connectivity index (χ4v) is 3.61. The number of nitrogens with two attached hydrogens (primary N) is 1. The highest BCUT2D eigenvalue weighted by Gasteiger charge is 2.16. The molecule has 0 fully saturated rings. The second-order valence-electron chi connectivity index (χ2n) is 5.01. The number of imidazole rings is 1. The summed E-state index contributed by atoms with van der Waals surface area (Å²) in [5, 5.41) is 0.891. The topological polar surface area (TPSA) is 69.6 Å². The van der Waals surface area contributed by atoms with E-state index in [-0.39, 0.29) is 0 Å². The molecular formula is C16H13N5S. The summed E-state index contributed by atoms with van der Waals surface area (Å²) in [6.45, 7) is 0. The van der Waals surface area contributed by atoms with Crippen LogP contribution in [0.15, 0.2) is 49.1 Å². The maximum absolute atomic E-state index is 5.94. The first-order valence-electron chi connectivity index (χ1n) is 6.81. The average Bonchev–Trinajstić information content (AvgIpc) is 3.12. The molecule has 0 bridgehead atoms. The number of thiophene rings is 1. The van der Waals surface area contributed by atoms with Gasteiger partial charge in [0.15, 0.2) is 0 Å². The lowest BCUT2D eigenvalue weighted by molar-refractivity contribution is 0.924. The van der Waals surface area contributed by atoms with Crippen LogP contribution < -0.4 is 5.73 Å². The van der Waals surface area contributed by atoms with Crippen molar-refractivity contribution in [2.45, 2.75) is 0 Å². The zero-order chi connectivity index (χ0) is 15.1. The highest BCUT2D eigenvalue weighted by molar-refractivity contribution is 7.21. The van der Waals surface area contributed by atoms with Crippen LogP contribution in [0.3, 0.4) is 0 Å². The van der Waals surface area contributed by atoms with Crippen LogP contribution >= 0.6 is 11.3 Å². The molecule has 0 radical (unpaired) electrons. The van der Waals surface area contributed by atoms with Crippen molar-refractivity contribution in [3.63, 3.8) is 0 Å². The number of fused-ring (bicyclic) bond motifs is 1. The van der Waals surface area contributed by atoms with Gasteiger partial charge in [-0.25, -0.2) is 15.0 Å². The standard InChI is InChI=1S/C16H13N5S/c1-21-9-20-13(10-5-3-2-4-6-10)14(21)12-7-11-15(17)18-8-19-16(11)22-12/h2-9H,1H3,(H2,17,18,19). The molecule has 108 valence electrons. The van der Waals surface area contributed by atoms with E-state index < -0.39 is 0 Å². The van der Waals surface area contributed by atoms with Crippen LogP contribution in [0.4, 0.5) is 5.82 Å². The minimum absolute atomic E-state index is 0.510. The minimum atomic E-state index is 0.510. The number of hydrogen-bond donors (Lipinski definition) is 1. The van der Waals surface area contributed by atoms with Crippen LogP contribution in [0.2, 0.25) is 0 Å². The highest BCUT2D eigenvalue weighted by Crippen LogP contribution is 2.38. The molecule has 6 heteroatoms. The zero-order valence-corrected chi connectivity index (χ0v) is 12.7. The molecule has 0 saturated heterocycles. The Morgan fingerprint density at radius 3 is 2.68 bits per heavy atom. The molecule has 2 N–H and O–H groups in total. The summed E-state index contributed by atoms with van der Waals surface area (Å²) in [6, 6.07) is 12.2. The molecule has 0 spiro atoms. The molecule has 0 aliphatic rings. The van der Waals surface area contributed by atoms with Crippen LogP contribution in [0.25, 0.3) is 32.0 Å². The van der Waals surface area contributed by atoms with Crippen molar-refractivity contribution < 1.29 is 0 Å². The monoisotopic (exact) mass is 307 g/mol. The maximum Gasteiger partial charge on any atom is 0.135 e. The normalized spacial score (nSPS) is 11.1. The van der Waals surface area contributed by atoms with Crippen LogP contribution in [-0.2, 0) is 7.05 Å². The van der Waals surface area contributed by atoms with Crippen molar-refractivity contribution in [2.75, 3.05) is 5.73 Å². The number of rotatable bonds is 2. The summed E-state index contributed by atoms with van der Waals surface area (Å²) in [6.07, 6.45) is 3.33. The quantitative estimate of drug-likeness (QED) is 0.616. The number of nitrogen functional groups attached to an aromatic ring is 1. The molecular weight excluding hydrogens is 294 g/mol. The summed E-state index contributed by atoms with van der Waals surface area (Å²) in [7, 11) is 1.99. The number of anilines is 1. The first-order chi connectivity index (χ1) is 10.7. The molecule has 0 aliphatic heterocycles. The molecule has 4 aromatic rings. The van der Waals surface area contributed by atoms with E-state index in [1.165, 1.54) is 6.33 Å². The van der Waals surface area contributed by atoms with Gasteiger partial charge in [-0.1, -0.05) is 30.3 Å². The smallest absolute Gasteiger partial charge is 0.135 e. The lowest BCUT2D eigenvalue weighted by atomic mass is 10.1. The molecule has 0 saturated carbocycles. The van der Waals surface area contributed by atoms with Gasteiger partial charge in [-0.05, 0) is 6.07 Å². The van der Waals surface area contributed by atoms with Gasteiger partial charge in [0.25, 0.3) is 0 Å². The fourth-order valence-electron chi connectivity index (χ4n) is 2.52. The van der Waals surface area contributed by atoms with E-state index in [9.17, 15) is 0 Å². The molecule has 4 rings (SSSR count). The molecule has 3 aromatic heterocycles. The summed E-state index contributed by atoms with van der Waals surface area (Å²) in [5.74, 6) is 0.510. The average molecular weight is 307 g/mol. The van der Waals surface area contributed by atoms with E-state index in [2.05, 4.69) is 27.1 Å². The van der Waals surface area contributed by atoms with E-state index in [1.807, 2.05) is 42.2 Å². The van der Waals surface area contributed by atoms with E-state index in [4.69, 9.17) is 5.73 Å². The number of nitrogens with zero attached hydrogens (tertiary/aromatic N) is 4. The van der Waals surface area contributed by atoms with E-state index in [0.717, 1.165) is 32.0 Å². The van der Waals surface area contributed by atoms with Crippen molar-refractivity contribution >= 4 is 27.4 Å². The van der Waals surface area contributed by atoms with Crippen LogP contribution in [0.1, 0.15) is 0 Å². The molecule has 1 aromatic carbocycles. The Morgan fingerprint density at radius 1 is 1.09 bits per heavy atom. The van der Waals surface area contributed by atoms with Crippen molar-refractivity contribution in [2.24, 2.45) is 7.05 Å². The van der Waals surface area contributed by atoms with Gasteiger partial charge in [0.2, 0.25) is 0 Å². The lowest BCUT2D eigenvalue weighted by Crippen LogP contribution is -1.90. The third-order valence-electron chi connectivity index (χ3n) is 3.58. The van der Waals surface area contributed by atoms with Crippen molar-refractivity contribution in [3.05, 3.63) is 49.1 Å². The molecule has 3 heterocycles. The molecule has 22 heavy (non-hydrogen) atoms. The third kappa shape index (κ3) is 1.96. The predicted octanol–water partition coefficient (Wildman–Crippen LogP) is 3.34. The Kier molecular flexibility index (Phi) is 2.90. The van der Waals surface area contributed by atoms with Crippen LogP contribution in [0.5, 0.6) is 0 Å². The summed E-state index contributed by atoms with van der Waals surface area (Å²) < 4.78 is 2.02. The highest BCUT2D eigenvalue weighted by atomic mass is 32.1. The van der Waals surface area contributed by atoms with Gasteiger partial charge in [0.1, 0.15) is 17.0 Å². The Hall–Kier alpha value is -2.73. The largest absolute Gasteiger partial charge is 0.383 e. The molecule has 0 amide bonds. The van der Waals surface area contributed by atoms with Gasteiger partial charge in [0, 0.05) is 12.6 Å². The molecule has 0 aliphatic carbocycles. The number of aromatic nitrogens is 4. The molecule has 0 atom stereocenters. The first-order valence-corrected chi connectivity index (χ1v) is 7.63. The fraction of sp³-hybridized carbons (Fsp3) is 0.0625. The Bertz CT molecular complexity index is 955. The van der Waals surface area contributed by atoms with Crippen molar-refractivity contribution in [1.82, 2.24) is 19.5 Å². The van der Waals surface area contributed by atoms with Gasteiger partial charge in [-0.3, -0.25) is 0 Å². The number of benzene rings is 1. The molecule has 0 unspecified atom stereocenters. The van der Waals surface area contributed by atoms with Crippen LogP contribution in [0, 0.1) is 0 Å². The summed E-state index contributed by atoms with van der Waals surface area (Å²) in [5.41, 5.74) is 9.06. The third-order valence-corrected chi connectivity index (χ3v) is 4.63. The minimum Gasteiger partial charge on any atom is -0.383 e. The van der Waals surface area contributed by atoms with Gasteiger partial charge in [-0.15, -0.1) is 11.3 Å². The lowest BCUT2D eigenvalue weighted by Gasteiger charge is -2.03. The SMILES string of the molecule is Cn1cnc(-c2ccccc2)c1-c1cc2c(N)ncnc2s1. The zero-order valence-electron chi connectivity index (χ0n) is 11.9. The summed E-state index contributed by atoms with van der Waals surface area (Å²) in [4.78, 5) is 14.9. The second-order valence-corrected chi connectivity index (χ2v) is 6.04. The second kappa shape index (κ2) is 4.92. The number of hydrogen-bond acceptors (Lipinski definition) is 5. The van der Waals surface area contributed by atoms with E-state index >= 15 is 0 Å². The van der Waals surface area contributed by atoms with Crippen molar-refractivity contribution in [1.29, 1.82) is 0 Å². The van der Waals surface area contributed by atoms with Gasteiger partial charge in [0.05, 0.1) is 28.0 Å². The maximum atomic E-state index is 5.94. The van der Waals surface area contributed by atoms with Gasteiger partial charge < -0.3 is 10.3 Å².